The molecule has 0 aliphatic carbocycles. The van der Waals surface area contributed by atoms with Crippen molar-refractivity contribution in [3.05, 3.63) is 23.2 Å². The predicted molar refractivity (Wildman–Crippen MR) is 83.0 cm³/mol. The summed E-state index contributed by atoms with van der Waals surface area (Å²) in [5, 5.41) is 6.68. The van der Waals surface area contributed by atoms with Gasteiger partial charge in [0.2, 0.25) is 5.91 Å². The summed E-state index contributed by atoms with van der Waals surface area (Å²) in [6.07, 6.45) is 4.90. The molecule has 1 amide bonds. The van der Waals surface area contributed by atoms with Gasteiger partial charge in [0.25, 0.3) is 0 Å². The molecule has 0 fully saturated rings. The van der Waals surface area contributed by atoms with Crippen LogP contribution in [0.15, 0.2) is 18.2 Å². The minimum Gasteiger partial charge on any atom is -0.383 e. The zero-order valence-electron chi connectivity index (χ0n) is 11.9. The van der Waals surface area contributed by atoms with Crippen LogP contribution in [0.4, 0.5) is 11.4 Å². The lowest BCUT2D eigenvalue weighted by molar-refractivity contribution is -0.114. The first-order chi connectivity index (χ1) is 9.02. The van der Waals surface area contributed by atoms with Crippen LogP contribution in [0.3, 0.4) is 0 Å². The number of nitrogens with one attached hydrogen (secondary N) is 2. The summed E-state index contributed by atoms with van der Waals surface area (Å²) in [6, 6.07) is 6.04. The number of carbonyl (C=O) groups is 1. The van der Waals surface area contributed by atoms with Crippen LogP contribution in [0.5, 0.6) is 0 Å². The van der Waals surface area contributed by atoms with Crippen molar-refractivity contribution in [3.8, 4) is 0 Å². The summed E-state index contributed by atoms with van der Waals surface area (Å²) in [4.78, 5) is 11.0. The summed E-state index contributed by atoms with van der Waals surface area (Å²) in [7, 11) is 0. The lowest BCUT2D eigenvalue weighted by Gasteiger charge is -2.16. The van der Waals surface area contributed by atoms with Gasteiger partial charge in [-0.15, -0.1) is 0 Å². The summed E-state index contributed by atoms with van der Waals surface area (Å²) in [5.74, 6) is -0.115. The minimum atomic E-state index is -0.115. The van der Waals surface area contributed by atoms with E-state index in [0.29, 0.717) is 16.8 Å². The highest BCUT2D eigenvalue weighted by molar-refractivity contribution is 6.34. The number of hydrogen-bond donors (Lipinski definition) is 2. The minimum absolute atomic E-state index is 0.115. The Morgan fingerprint density at radius 3 is 2.68 bits per heavy atom. The van der Waals surface area contributed by atoms with Gasteiger partial charge in [-0.05, 0) is 31.5 Å². The Morgan fingerprint density at radius 1 is 1.37 bits per heavy atom. The molecule has 1 atom stereocenters. The molecule has 106 valence electrons. The Labute approximate surface area is 120 Å². The maximum Gasteiger partial charge on any atom is 0.221 e. The molecule has 3 nitrogen and oxygen atoms in total. The van der Waals surface area contributed by atoms with E-state index in [2.05, 4.69) is 24.5 Å². The Bertz CT molecular complexity index is 421. The number of carbonyl (C=O) groups excluding carboxylic acids is 1. The molecule has 2 N–H and O–H groups in total. The van der Waals surface area contributed by atoms with Crippen LogP contribution in [-0.2, 0) is 4.79 Å². The van der Waals surface area contributed by atoms with Crippen molar-refractivity contribution in [3.63, 3.8) is 0 Å². The Hall–Kier alpha value is -1.22. The van der Waals surface area contributed by atoms with Crippen molar-refractivity contribution < 1.29 is 4.79 Å². The van der Waals surface area contributed by atoms with Crippen LogP contribution < -0.4 is 10.6 Å². The highest BCUT2D eigenvalue weighted by Gasteiger charge is 2.06. The normalized spacial score (nSPS) is 12.0. The fourth-order valence-corrected chi connectivity index (χ4v) is 2.18. The van der Waals surface area contributed by atoms with Crippen LogP contribution in [0.25, 0.3) is 0 Å². The quantitative estimate of drug-likeness (QED) is 0.713. The smallest absolute Gasteiger partial charge is 0.221 e. The summed E-state index contributed by atoms with van der Waals surface area (Å²) in [5.41, 5.74) is 1.64. The third kappa shape index (κ3) is 5.97. The second-order valence-electron chi connectivity index (χ2n) is 4.92. The third-order valence-corrected chi connectivity index (χ3v) is 3.25. The lowest BCUT2D eigenvalue weighted by Crippen LogP contribution is -2.15. The first-order valence-corrected chi connectivity index (χ1v) is 7.24. The van der Waals surface area contributed by atoms with Crippen molar-refractivity contribution in [2.45, 2.75) is 52.5 Å². The molecular formula is C15H23ClN2O. The predicted octanol–water partition coefficient (Wildman–Crippen LogP) is 4.68. The van der Waals surface area contributed by atoms with Gasteiger partial charge >= 0.3 is 0 Å². The van der Waals surface area contributed by atoms with E-state index in [0.717, 1.165) is 12.1 Å². The molecule has 0 bridgehead atoms. The average Bonchev–Trinajstić information content (AvgIpc) is 2.32. The second kappa shape index (κ2) is 8.05. The van der Waals surface area contributed by atoms with Crippen LogP contribution >= 0.6 is 11.6 Å². The van der Waals surface area contributed by atoms with E-state index in [-0.39, 0.29) is 5.91 Å². The first-order valence-electron chi connectivity index (χ1n) is 6.86. The van der Waals surface area contributed by atoms with E-state index >= 15 is 0 Å². The molecule has 1 aromatic carbocycles. The van der Waals surface area contributed by atoms with Crippen molar-refractivity contribution >= 4 is 28.9 Å². The fourth-order valence-electron chi connectivity index (χ4n) is 1.95. The van der Waals surface area contributed by atoms with Crippen molar-refractivity contribution in [2.24, 2.45) is 0 Å². The SMILES string of the molecule is CCCCCC(C)Nc1ccc(NC(C)=O)c(Cl)c1. The summed E-state index contributed by atoms with van der Waals surface area (Å²) >= 11 is 6.13. The maximum atomic E-state index is 11.0. The maximum absolute atomic E-state index is 11.0. The van der Waals surface area contributed by atoms with E-state index in [1.807, 2.05) is 18.2 Å². The topological polar surface area (TPSA) is 41.1 Å². The van der Waals surface area contributed by atoms with E-state index in [4.69, 9.17) is 11.6 Å². The highest BCUT2D eigenvalue weighted by atomic mass is 35.5. The molecule has 1 aromatic rings. The highest BCUT2D eigenvalue weighted by Crippen LogP contribution is 2.26. The van der Waals surface area contributed by atoms with Crippen molar-refractivity contribution in [1.82, 2.24) is 0 Å². The molecule has 0 aliphatic rings. The summed E-state index contributed by atoms with van der Waals surface area (Å²) < 4.78 is 0. The molecule has 19 heavy (non-hydrogen) atoms. The summed E-state index contributed by atoms with van der Waals surface area (Å²) in [6.45, 7) is 5.85. The molecule has 0 saturated carbocycles. The molecule has 0 heterocycles. The number of unbranched alkanes of at least 4 members (excludes halogenated alkanes) is 2. The average molecular weight is 283 g/mol. The van der Waals surface area contributed by atoms with E-state index in [9.17, 15) is 4.79 Å². The van der Waals surface area contributed by atoms with Gasteiger partial charge in [0.05, 0.1) is 10.7 Å². The van der Waals surface area contributed by atoms with E-state index in [1.54, 1.807) is 0 Å². The second-order valence-corrected chi connectivity index (χ2v) is 5.32. The zero-order valence-corrected chi connectivity index (χ0v) is 12.7. The molecule has 1 unspecified atom stereocenters. The van der Waals surface area contributed by atoms with Crippen LogP contribution in [0.1, 0.15) is 46.5 Å². The van der Waals surface area contributed by atoms with Gasteiger partial charge in [0, 0.05) is 18.7 Å². The third-order valence-electron chi connectivity index (χ3n) is 2.93. The van der Waals surface area contributed by atoms with E-state index in [1.165, 1.54) is 26.2 Å². The van der Waals surface area contributed by atoms with Crippen molar-refractivity contribution in [2.75, 3.05) is 10.6 Å². The van der Waals surface area contributed by atoms with Gasteiger partial charge in [0.1, 0.15) is 0 Å². The monoisotopic (exact) mass is 282 g/mol. The molecule has 0 aromatic heterocycles. The molecule has 1 rings (SSSR count). The van der Waals surface area contributed by atoms with Crippen molar-refractivity contribution in [1.29, 1.82) is 0 Å². The van der Waals surface area contributed by atoms with E-state index < -0.39 is 0 Å². The van der Waals surface area contributed by atoms with Gasteiger partial charge < -0.3 is 10.6 Å². The zero-order chi connectivity index (χ0) is 14.3. The van der Waals surface area contributed by atoms with Crippen LogP contribution in [-0.4, -0.2) is 11.9 Å². The van der Waals surface area contributed by atoms with Crippen LogP contribution in [0.2, 0.25) is 5.02 Å². The lowest BCUT2D eigenvalue weighted by atomic mass is 10.1. The van der Waals surface area contributed by atoms with Gasteiger partial charge in [-0.3, -0.25) is 4.79 Å². The van der Waals surface area contributed by atoms with Gasteiger partial charge in [0.15, 0.2) is 0 Å². The number of hydrogen-bond acceptors (Lipinski definition) is 2. The fraction of sp³-hybridized carbons (Fsp3) is 0.533. The number of rotatable bonds is 7. The molecule has 0 spiro atoms. The number of benzene rings is 1. The molecule has 0 saturated heterocycles. The Kier molecular flexibility index (Phi) is 6.71. The largest absolute Gasteiger partial charge is 0.383 e. The molecule has 0 aliphatic heterocycles. The van der Waals surface area contributed by atoms with Gasteiger partial charge in [-0.2, -0.15) is 0 Å². The molecule has 4 heteroatoms. The van der Waals surface area contributed by atoms with Crippen LogP contribution in [0, 0.1) is 0 Å². The number of anilines is 2. The molecule has 0 radical (unpaired) electrons. The van der Waals surface area contributed by atoms with Gasteiger partial charge in [-0.1, -0.05) is 37.8 Å². The first kappa shape index (κ1) is 15.8. The number of amides is 1. The number of halogens is 1. The van der Waals surface area contributed by atoms with Gasteiger partial charge in [-0.25, -0.2) is 0 Å². The molecular weight excluding hydrogens is 260 g/mol. The Balaban J connectivity index is 2.55. The Morgan fingerprint density at radius 2 is 2.11 bits per heavy atom. The standard InChI is InChI=1S/C15H23ClN2O/c1-4-5-6-7-11(2)17-13-8-9-15(14(16)10-13)18-12(3)19/h8-11,17H,4-7H2,1-3H3,(H,18,19).